The lowest BCUT2D eigenvalue weighted by Gasteiger charge is -2.16. The molecule has 0 aliphatic carbocycles. The van der Waals surface area contributed by atoms with E-state index in [1.54, 1.807) is 7.11 Å². The van der Waals surface area contributed by atoms with Crippen LogP contribution in [0.2, 0.25) is 0 Å². The Morgan fingerprint density at radius 2 is 2.12 bits per heavy atom. The van der Waals surface area contributed by atoms with Gasteiger partial charge in [-0.05, 0) is 27.2 Å². The second-order valence-electron chi connectivity index (χ2n) is 3.81. The van der Waals surface area contributed by atoms with E-state index in [0.717, 1.165) is 38.7 Å². The van der Waals surface area contributed by atoms with Gasteiger partial charge in [-0.1, -0.05) is 0 Å². The third-order valence-electron chi connectivity index (χ3n) is 2.06. The molecule has 0 saturated heterocycles. The van der Waals surface area contributed by atoms with Crippen molar-refractivity contribution >= 4 is 5.96 Å². The minimum atomic E-state index is 0.254. The van der Waals surface area contributed by atoms with Crippen LogP contribution in [0.25, 0.3) is 0 Å². The van der Waals surface area contributed by atoms with Crippen molar-refractivity contribution < 1.29 is 9.47 Å². The lowest BCUT2D eigenvalue weighted by atomic mass is 10.4. The number of rotatable bonds is 9. The normalized spacial score (nSPS) is 13.5. The molecule has 5 heteroatoms. The summed E-state index contributed by atoms with van der Waals surface area (Å²) in [5.41, 5.74) is 0. The van der Waals surface area contributed by atoms with Gasteiger partial charge in [-0.15, -0.1) is 0 Å². The monoisotopic (exact) mass is 245 g/mol. The number of ether oxygens (including phenoxy) is 2. The van der Waals surface area contributed by atoms with Crippen LogP contribution in [0.15, 0.2) is 4.99 Å². The molecule has 1 atom stereocenters. The fraction of sp³-hybridized carbons (Fsp3) is 0.917. The SMILES string of the molecule is CCNC(=NCCCOCC)NC(C)COC. The summed E-state index contributed by atoms with van der Waals surface area (Å²) in [5.74, 6) is 0.841. The molecule has 0 spiro atoms. The van der Waals surface area contributed by atoms with Gasteiger partial charge in [0.2, 0.25) is 0 Å². The Labute approximate surface area is 105 Å². The maximum absolute atomic E-state index is 5.26. The lowest BCUT2D eigenvalue weighted by Crippen LogP contribution is -2.44. The molecule has 0 aromatic rings. The lowest BCUT2D eigenvalue weighted by molar-refractivity contribution is 0.146. The number of aliphatic imine (C=N–C) groups is 1. The molecule has 0 aromatic heterocycles. The van der Waals surface area contributed by atoms with Gasteiger partial charge in [0.05, 0.1) is 6.61 Å². The number of guanidine groups is 1. The quantitative estimate of drug-likeness (QED) is 0.361. The van der Waals surface area contributed by atoms with Crippen molar-refractivity contribution in [2.75, 3.05) is 40.0 Å². The summed E-state index contributed by atoms with van der Waals surface area (Å²) in [6, 6.07) is 0.254. The fourth-order valence-electron chi connectivity index (χ4n) is 1.35. The largest absolute Gasteiger partial charge is 0.383 e. The van der Waals surface area contributed by atoms with Crippen LogP contribution in [0.1, 0.15) is 27.2 Å². The van der Waals surface area contributed by atoms with Crippen molar-refractivity contribution in [1.82, 2.24) is 10.6 Å². The van der Waals surface area contributed by atoms with Crippen LogP contribution in [0.5, 0.6) is 0 Å². The molecule has 102 valence electrons. The summed E-state index contributed by atoms with van der Waals surface area (Å²) in [4.78, 5) is 4.47. The second kappa shape index (κ2) is 11.7. The molecule has 0 fully saturated rings. The topological polar surface area (TPSA) is 54.9 Å². The van der Waals surface area contributed by atoms with Crippen molar-refractivity contribution in [1.29, 1.82) is 0 Å². The molecule has 2 N–H and O–H groups in total. The van der Waals surface area contributed by atoms with E-state index in [0.29, 0.717) is 6.61 Å². The van der Waals surface area contributed by atoms with E-state index >= 15 is 0 Å². The molecule has 0 radical (unpaired) electrons. The van der Waals surface area contributed by atoms with Crippen LogP contribution in [-0.4, -0.2) is 52.0 Å². The molecule has 0 aromatic carbocycles. The maximum Gasteiger partial charge on any atom is 0.191 e. The Bertz CT molecular complexity index is 198. The van der Waals surface area contributed by atoms with Gasteiger partial charge in [0, 0.05) is 39.5 Å². The minimum Gasteiger partial charge on any atom is -0.383 e. The molecule has 1 unspecified atom stereocenters. The first kappa shape index (κ1) is 16.2. The number of nitrogens with zero attached hydrogens (tertiary/aromatic N) is 1. The molecule has 0 aliphatic rings. The van der Waals surface area contributed by atoms with Crippen LogP contribution in [0.3, 0.4) is 0 Å². The van der Waals surface area contributed by atoms with E-state index < -0.39 is 0 Å². The predicted octanol–water partition coefficient (Wildman–Crippen LogP) is 1.00. The zero-order chi connectivity index (χ0) is 12.9. The van der Waals surface area contributed by atoms with Crippen LogP contribution in [0, 0.1) is 0 Å². The molecule has 0 aliphatic heterocycles. The summed E-state index contributed by atoms with van der Waals surface area (Å²) in [7, 11) is 1.70. The average molecular weight is 245 g/mol. The first-order valence-electron chi connectivity index (χ1n) is 6.36. The first-order chi connectivity index (χ1) is 8.24. The molecule has 17 heavy (non-hydrogen) atoms. The summed E-state index contributed by atoms with van der Waals surface area (Å²) >= 11 is 0. The van der Waals surface area contributed by atoms with Gasteiger partial charge in [-0.2, -0.15) is 0 Å². The van der Waals surface area contributed by atoms with Gasteiger partial charge in [0.25, 0.3) is 0 Å². The summed E-state index contributed by atoms with van der Waals surface area (Å²) in [6.45, 7) is 9.96. The molecule has 5 nitrogen and oxygen atoms in total. The van der Waals surface area contributed by atoms with E-state index in [4.69, 9.17) is 9.47 Å². The first-order valence-corrected chi connectivity index (χ1v) is 6.36. The molecule has 0 heterocycles. The minimum absolute atomic E-state index is 0.254. The highest BCUT2D eigenvalue weighted by Gasteiger charge is 2.03. The third-order valence-corrected chi connectivity index (χ3v) is 2.06. The standard InChI is InChI=1S/C12H27N3O2/c1-5-13-12(15-11(3)10-16-4)14-8-7-9-17-6-2/h11H,5-10H2,1-4H3,(H2,13,14,15). The Morgan fingerprint density at radius 1 is 1.35 bits per heavy atom. The van der Waals surface area contributed by atoms with E-state index in [1.807, 2.05) is 6.92 Å². The van der Waals surface area contributed by atoms with Gasteiger partial charge in [-0.3, -0.25) is 4.99 Å². The number of hydrogen-bond acceptors (Lipinski definition) is 3. The average Bonchev–Trinajstić information content (AvgIpc) is 2.29. The molecule has 0 saturated carbocycles. The highest BCUT2D eigenvalue weighted by molar-refractivity contribution is 5.80. The van der Waals surface area contributed by atoms with Crippen LogP contribution in [-0.2, 0) is 9.47 Å². The Hall–Kier alpha value is -0.810. The molecule has 0 bridgehead atoms. The zero-order valence-corrected chi connectivity index (χ0v) is 11.6. The maximum atomic E-state index is 5.26. The van der Waals surface area contributed by atoms with Crippen molar-refractivity contribution in [2.24, 2.45) is 4.99 Å². The number of nitrogens with one attached hydrogen (secondary N) is 2. The van der Waals surface area contributed by atoms with Crippen molar-refractivity contribution in [3.05, 3.63) is 0 Å². The van der Waals surface area contributed by atoms with Gasteiger partial charge in [0.1, 0.15) is 0 Å². The van der Waals surface area contributed by atoms with Gasteiger partial charge in [0.15, 0.2) is 5.96 Å². The molecule has 0 amide bonds. The van der Waals surface area contributed by atoms with E-state index in [1.165, 1.54) is 0 Å². The Morgan fingerprint density at radius 3 is 2.71 bits per heavy atom. The Kier molecular flexibility index (Phi) is 11.1. The Balaban J connectivity index is 3.89. The number of methoxy groups -OCH3 is 1. The van der Waals surface area contributed by atoms with Crippen molar-refractivity contribution in [3.63, 3.8) is 0 Å². The highest BCUT2D eigenvalue weighted by atomic mass is 16.5. The van der Waals surface area contributed by atoms with Gasteiger partial charge < -0.3 is 20.1 Å². The van der Waals surface area contributed by atoms with Crippen LogP contribution >= 0.6 is 0 Å². The fourth-order valence-corrected chi connectivity index (χ4v) is 1.35. The molecular weight excluding hydrogens is 218 g/mol. The van der Waals surface area contributed by atoms with Gasteiger partial charge in [-0.25, -0.2) is 0 Å². The molecular formula is C12H27N3O2. The van der Waals surface area contributed by atoms with E-state index in [-0.39, 0.29) is 6.04 Å². The summed E-state index contributed by atoms with van der Waals surface area (Å²) in [6.07, 6.45) is 0.947. The zero-order valence-electron chi connectivity index (χ0n) is 11.6. The number of hydrogen-bond donors (Lipinski definition) is 2. The van der Waals surface area contributed by atoms with E-state index in [2.05, 4.69) is 29.5 Å². The third kappa shape index (κ3) is 10.1. The van der Waals surface area contributed by atoms with Crippen LogP contribution < -0.4 is 10.6 Å². The predicted molar refractivity (Wildman–Crippen MR) is 71.6 cm³/mol. The summed E-state index contributed by atoms with van der Waals surface area (Å²) < 4.78 is 10.3. The second-order valence-corrected chi connectivity index (χ2v) is 3.81. The summed E-state index contributed by atoms with van der Waals surface area (Å²) in [5, 5.41) is 6.49. The van der Waals surface area contributed by atoms with E-state index in [9.17, 15) is 0 Å². The smallest absolute Gasteiger partial charge is 0.191 e. The molecule has 0 rings (SSSR count). The van der Waals surface area contributed by atoms with Crippen LogP contribution in [0.4, 0.5) is 0 Å². The van der Waals surface area contributed by atoms with Crippen molar-refractivity contribution in [3.8, 4) is 0 Å². The highest BCUT2D eigenvalue weighted by Crippen LogP contribution is 1.87. The van der Waals surface area contributed by atoms with Gasteiger partial charge >= 0.3 is 0 Å². The van der Waals surface area contributed by atoms with Crippen molar-refractivity contribution in [2.45, 2.75) is 33.2 Å².